The van der Waals surface area contributed by atoms with E-state index in [1.54, 1.807) is 12.4 Å². The Morgan fingerprint density at radius 2 is 1.44 bits per heavy atom. The highest BCUT2D eigenvalue weighted by molar-refractivity contribution is 5.29. The molecule has 2 heterocycles. The summed E-state index contributed by atoms with van der Waals surface area (Å²) in [6.45, 7) is 5.43. The minimum absolute atomic E-state index is 0.0418. The van der Waals surface area contributed by atoms with Gasteiger partial charge in [0, 0.05) is 44.4 Å². The van der Waals surface area contributed by atoms with Gasteiger partial charge in [-0.1, -0.05) is 0 Å². The molecule has 3 aromatic rings. The Kier molecular flexibility index (Phi) is 7.82. The second kappa shape index (κ2) is 10.6. The van der Waals surface area contributed by atoms with Gasteiger partial charge in [0.25, 0.3) is 0 Å². The Labute approximate surface area is 185 Å². The molecule has 1 N–H and O–H groups in total. The van der Waals surface area contributed by atoms with Crippen molar-refractivity contribution in [2.75, 3.05) is 13.2 Å². The van der Waals surface area contributed by atoms with Crippen molar-refractivity contribution in [1.29, 1.82) is 0 Å². The van der Waals surface area contributed by atoms with Crippen LogP contribution >= 0.6 is 0 Å². The zero-order chi connectivity index (χ0) is 23.1. The largest absolute Gasteiger partial charge is 0.491 e. The molecule has 3 rings (SSSR count). The first-order valence-corrected chi connectivity index (χ1v) is 10.2. The van der Waals surface area contributed by atoms with Crippen LogP contribution in [0.4, 0.5) is 13.2 Å². The predicted molar refractivity (Wildman–Crippen MR) is 115 cm³/mol. The normalized spacial score (nSPS) is 12.7. The maximum Gasteiger partial charge on any atom is 0.416 e. The number of aliphatic hydroxyl groups is 1. The highest BCUT2D eigenvalue weighted by Gasteiger charge is 2.30. The summed E-state index contributed by atoms with van der Waals surface area (Å²) in [5.41, 5.74) is 3.55. The Morgan fingerprint density at radius 3 is 1.91 bits per heavy atom. The first-order valence-electron chi connectivity index (χ1n) is 10.2. The first kappa shape index (κ1) is 23.7. The van der Waals surface area contributed by atoms with Gasteiger partial charge >= 0.3 is 6.18 Å². The van der Waals surface area contributed by atoms with Crippen molar-refractivity contribution in [3.8, 4) is 5.75 Å². The van der Waals surface area contributed by atoms with Crippen LogP contribution in [0.3, 0.4) is 0 Å². The molecule has 170 valence electrons. The molecule has 0 fully saturated rings. The number of aryl methyl sites for hydroxylation is 2. The van der Waals surface area contributed by atoms with Crippen LogP contribution in [0.5, 0.6) is 5.75 Å². The van der Waals surface area contributed by atoms with E-state index in [2.05, 4.69) is 14.9 Å². The number of pyridine rings is 2. The van der Waals surface area contributed by atoms with Crippen molar-refractivity contribution in [2.45, 2.75) is 39.2 Å². The molecule has 8 heteroatoms. The van der Waals surface area contributed by atoms with Gasteiger partial charge in [-0.05, 0) is 72.5 Å². The van der Waals surface area contributed by atoms with E-state index in [9.17, 15) is 18.3 Å². The van der Waals surface area contributed by atoms with Gasteiger partial charge in [0.1, 0.15) is 18.5 Å². The Morgan fingerprint density at radius 1 is 0.906 bits per heavy atom. The molecule has 0 amide bonds. The van der Waals surface area contributed by atoms with Crippen LogP contribution in [-0.2, 0) is 19.3 Å². The topological polar surface area (TPSA) is 58.5 Å². The highest BCUT2D eigenvalue weighted by Crippen LogP contribution is 2.30. The first-order chi connectivity index (χ1) is 15.2. The molecule has 2 aromatic heterocycles. The summed E-state index contributed by atoms with van der Waals surface area (Å²) in [6, 6.07) is 8.31. The zero-order valence-corrected chi connectivity index (χ0v) is 18.0. The van der Waals surface area contributed by atoms with Crippen LogP contribution in [0.1, 0.15) is 27.8 Å². The fourth-order valence-electron chi connectivity index (χ4n) is 3.27. The molecule has 0 saturated carbocycles. The molecule has 32 heavy (non-hydrogen) atoms. The van der Waals surface area contributed by atoms with Crippen LogP contribution in [0.2, 0.25) is 0 Å². The minimum Gasteiger partial charge on any atom is -0.491 e. The van der Waals surface area contributed by atoms with E-state index in [0.29, 0.717) is 19.6 Å². The summed E-state index contributed by atoms with van der Waals surface area (Å²) in [5, 5.41) is 10.6. The number of ether oxygens (including phenoxy) is 1. The molecule has 1 aromatic carbocycles. The number of rotatable bonds is 9. The molecule has 0 aliphatic carbocycles. The summed E-state index contributed by atoms with van der Waals surface area (Å²) in [5.74, 6) is 0.273. The Hall–Kier alpha value is -2.97. The van der Waals surface area contributed by atoms with Crippen molar-refractivity contribution in [1.82, 2.24) is 14.9 Å². The monoisotopic (exact) mass is 445 g/mol. The second-order valence-corrected chi connectivity index (χ2v) is 7.76. The fourth-order valence-corrected chi connectivity index (χ4v) is 3.27. The molecule has 0 aliphatic heterocycles. The van der Waals surface area contributed by atoms with Crippen LogP contribution in [0.25, 0.3) is 0 Å². The minimum atomic E-state index is -4.40. The van der Waals surface area contributed by atoms with Crippen LogP contribution in [0.15, 0.2) is 61.2 Å². The standard InChI is InChI=1S/C24H26F3N3O2/c1-17-7-9-28-11-19(17)13-30(14-20-12-29-10-8-18(20)2)15-22(31)16-32-23-5-3-21(4-6-23)24(25,26)27/h3-12,22,31H,13-16H2,1-2H3. The van der Waals surface area contributed by atoms with Gasteiger partial charge in [0.15, 0.2) is 0 Å². The number of benzene rings is 1. The van der Waals surface area contributed by atoms with Gasteiger partial charge in [0.2, 0.25) is 0 Å². The molecule has 0 bridgehead atoms. The lowest BCUT2D eigenvalue weighted by Crippen LogP contribution is -2.35. The van der Waals surface area contributed by atoms with Crippen LogP contribution < -0.4 is 4.74 Å². The SMILES string of the molecule is Cc1ccncc1CN(Cc1cnccc1C)CC(O)COc1ccc(C(F)(F)F)cc1. The Bertz CT molecular complexity index is 962. The smallest absolute Gasteiger partial charge is 0.416 e. The number of halogens is 3. The van der Waals surface area contributed by atoms with E-state index in [4.69, 9.17) is 4.74 Å². The van der Waals surface area contributed by atoms with E-state index < -0.39 is 17.8 Å². The summed E-state index contributed by atoms with van der Waals surface area (Å²) in [4.78, 5) is 10.5. The summed E-state index contributed by atoms with van der Waals surface area (Å²) < 4.78 is 43.6. The van der Waals surface area contributed by atoms with Crippen molar-refractivity contribution in [2.24, 2.45) is 0 Å². The molecule has 0 spiro atoms. The van der Waals surface area contributed by atoms with Gasteiger partial charge in [0.05, 0.1) is 5.56 Å². The molecular weight excluding hydrogens is 419 g/mol. The summed E-state index contributed by atoms with van der Waals surface area (Å²) in [6.07, 6.45) is 1.86. The molecule has 0 saturated heterocycles. The summed E-state index contributed by atoms with van der Waals surface area (Å²) >= 11 is 0. The Balaban J connectivity index is 1.65. The number of aromatic nitrogens is 2. The molecule has 0 aliphatic rings. The van der Waals surface area contributed by atoms with Crippen LogP contribution in [0, 0.1) is 13.8 Å². The third-order valence-corrected chi connectivity index (χ3v) is 5.18. The van der Waals surface area contributed by atoms with E-state index in [1.807, 2.05) is 38.4 Å². The van der Waals surface area contributed by atoms with Gasteiger partial charge in [-0.2, -0.15) is 13.2 Å². The molecular formula is C24H26F3N3O2. The third-order valence-electron chi connectivity index (χ3n) is 5.18. The molecule has 5 nitrogen and oxygen atoms in total. The van der Waals surface area contributed by atoms with Crippen molar-refractivity contribution >= 4 is 0 Å². The number of nitrogens with zero attached hydrogens (tertiary/aromatic N) is 3. The average molecular weight is 445 g/mol. The van der Waals surface area contributed by atoms with Gasteiger partial charge in [-0.25, -0.2) is 0 Å². The molecule has 1 atom stereocenters. The molecule has 0 radical (unpaired) electrons. The predicted octanol–water partition coefficient (Wildman–Crippen LogP) is 4.55. The van der Waals surface area contributed by atoms with Crippen molar-refractivity contribution < 1.29 is 23.0 Å². The lowest BCUT2D eigenvalue weighted by molar-refractivity contribution is -0.137. The fraction of sp³-hybridized carbons (Fsp3) is 0.333. The number of aliphatic hydroxyl groups excluding tert-OH is 1. The summed E-state index contributed by atoms with van der Waals surface area (Å²) in [7, 11) is 0. The van der Waals surface area contributed by atoms with Crippen LogP contribution in [-0.4, -0.2) is 39.2 Å². The zero-order valence-electron chi connectivity index (χ0n) is 18.0. The van der Waals surface area contributed by atoms with Gasteiger partial charge in [-0.15, -0.1) is 0 Å². The number of hydrogen-bond donors (Lipinski definition) is 1. The number of alkyl halides is 3. The van der Waals surface area contributed by atoms with Gasteiger partial charge in [-0.3, -0.25) is 14.9 Å². The average Bonchev–Trinajstić information content (AvgIpc) is 2.75. The van der Waals surface area contributed by atoms with E-state index in [0.717, 1.165) is 34.4 Å². The van der Waals surface area contributed by atoms with Gasteiger partial charge < -0.3 is 9.84 Å². The van der Waals surface area contributed by atoms with E-state index in [1.165, 1.54) is 12.1 Å². The van der Waals surface area contributed by atoms with Crippen molar-refractivity contribution in [3.05, 3.63) is 89.0 Å². The second-order valence-electron chi connectivity index (χ2n) is 7.76. The van der Waals surface area contributed by atoms with E-state index in [-0.39, 0.29) is 12.4 Å². The van der Waals surface area contributed by atoms with E-state index >= 15 is 0 Å². The maximum atomic E-state index is 12.7. The highest BCUT2D eigenvalue weighted by atomic mass is 19.4. The third kappa shape index (κ3) is 6.77. The molecule has 1 unspecified atom stereocenters. The quantitative estimate of drug-likeness (QED) is 0.524. The lowest BCUT2D eigenvalue weighted by Gasteiger charge is -2.26. The maximum absolute atomic E-state index is 12.7. The lowest BCUT2D eigenvalue weighted by atomic mass is 10.1. The number of hydrogen-bond acceptors (Lipinski definition) is 5. The van der Waals surface area contributed by atoms with Crippen molar-refractivity contribution in [3.63, 3.8) is 0 Å².